The Morgan fingerprint density at radius 2 is 1.37 bits per heavy atom. The lowest BCUT2D eigenvalue weighted by Gasteiger charge is -2.52. The highest BCUT2D eigenvalue weighted by atomic mass is 15.2. The van der Waals surface area contributed by atoms with Gasteiger partial charge in [0, 0.05) is 18.2 Å². The number of nitrogens with zero attached hydrogens (tertiary/aromatic N) is 2. The van der Waals surface area contributed by atoms with E-state index in [2.05, 4.69) is 103 Å². The summed E-state index contributed by atoms with van der Waals surface area (Å²) in [5.41, 5.74) is 5.33. The van der Waals surface area contributed by atoms with E-state index in [1.54, 1.807) is 0 Å². The molecule has 3 aliphatic rings. The largest absolute Gasteiger partial charge is 0.297 e. The first-order valence-electron chi connectivity index (χ1n) is 11.2. The average Bonchev–Trinajstić information content (AvgIpc) is 2.81. The van der Waals surface area contributed by atoms with Crippen molar-refractivity contribution in [2.75, 3.05) is 13.1 Å². The van der Waals surface area contributed by atoms with Crippen LogP contribution in [0, 0.1) is 12.8 Å². The van der Waals surface area contributed by atoms with Crippen LogP contribution < -0.4 is 0 Å². The summed E-state index contributed by atoms with van der Waals surface area (Å²) in [4.78, 5) is 8.00. The Hall–Kier alpha value is -2.71. The van der Waals surface area contributed by atoms with Gasteiger partial charge in [-0.15, -0.1) is 0 Å². The van der Waals surface area contributed by atoms with Crippen molar-refractivity contribution in [1.82, 2.24) is 4.90 Å². The molecule has 30 heavy (non-hydrogen) atoms. The van der Waals surface area contributed by atoms with Crippen molar-refractivity contribution < 1.29 is 0 Å². The number of rotatable bonds is 5. The van der Waals surface area contributed by atoms with Crippen LogP contribution in [0.25, 0.3) is 0 Å². The van der Waals surface area contributed by atoms with Crippen molar-refractivity contribution >= 4 is 6.21 Å². The summed E-state index contributed by atoms with van der Waals surface area (Å²) in [6, 6.07) is 31.4. The highest BCUT2D eigenvalue weighted by Gasteiger charge is 2.46. The van der Waals surface area contributed by atoms with Gasteiger partial charge in [0.2, 0.25) is 0 Å². The minimum atomic E-state index is 0.331. The van der Waals surface area contributed by atoms with Crippen LogP contribution in [0.3, 0.4) is 0 Å². The number of fused-ring (bicyclic) bond motifs is 3. The van der Waals surface area contributed by atoms with E-state index < -0.39 is 0 Å². The quantitative estimate of drug-likeness (QED) is 0.506. The lowest BCUT2D eigenvalue weighted by molar-refractivity contribution is 0.0215. The fourth-order valence-corrected chi connectivity index (χ4v) is 5.48. The lowest BCUT2D eigenvalue weighted by atomic mass is 9.71. The minimum Gasteiger partial charge on any atom is -0.297 e. The van der Waals surface area contributed by atoms with Crippen LogP contribution in [0.1, 0.15) is 41.0 Å². The summed E-state index contributed by atoms with van der Waals surface area (Å²) in [5.74, 6) is 1.02. The first-order chi connectivity index (χ1) is 14.8. The molecule has 2 heteroatoms. The van der Waals surface area contributed by atoms with Crippen LogP contribution in [-0.2, 0) is 0 Å². The Balaban J connectivity index is 1.56. The minimum absolute atomic E-state index is 0.331. The van der Waals surface area contributed by atoms with Crippen molar-refractivity contribution in [3.8, 4) is 0 Å². The molecule has 0 radical (unpaired) electrons. The lowest BCUT2D eigenvalue weighted by Crippen LogP contribution is -2.59. The third kappa shape index (κ3) is 3.73. The molecule has 3 aromatic carbocycles. The second-order valence-corrected chi connectivity index (χ2v) is 8.79. The zero-order valence-electron chi connectivity index (χ0n) is 17.7. The van der Waals surface area contributed by atoms with Crippen LogP contribution in [0.2, 0.25) is 0 Å². The zero-order valence-corrected chi connectivity index (χ0v) is 17.7. The van der Waals surface area contributed by atoms with Gasteiger partial charge in [0.15, 0.2) is 0 Å². The molecular formula is C28H30N2. The SMILES string of the molecule is Cc1ccccc1/C=N\C1C2CCN(CC2)C1C(c1ccccc1)c1ccccc1. The molecule has 2 bridgehead atoms. The molecule has 3 aliphatic heterocycles. The van der Waals surface area contributed by atoms with Gasteiger partial charge in [-0.2, -0.15) is 0 Å². The second kappa shape index (κ2) is 8.57. The molecule has 152 valence electrons. The average molecular weight is 395 g/mol. The Kier molecular flexibility index (Phi) is 5.50. The molecule has 6 rings (SSSR count). The van der Waals surface area contributed by atoms with Crippen LogP contribution in [0.15, 0.2) is 89.9 Å². The van der Waals surface area contributed by atoms with Gasteiger partial charge < -0.3 is 0 Å². The molecule has 0 amide bonds. The van der Waals surface area contributed by atoms with Crippen molar-refractivity contribution in [2.24, 2.45) is 10.9 Å². The van der Waals surface area contributed by atoms with Gasteiger partial charge in [0.05, 0.1) is 6.04 Å². The van der Waals surface area contributed by atoms with Gasteiger partial charge in [-0.1, -0.05) is 84.9 Å². The maximum atomic E-state index is 5.28. The Labute approximate surface area is 180 Å². The predicted octanol–water partition coefficient (Wildman–Crippen LogP) is 5.71. The van der Waals surface area contributed by atoms with Crippen molar-refractivity contribution in [1.29, 1.82) is 0 Å². The number of piperidine rings is 3. The van der Waals surface area contributed by atoms with E-state index in [0.29, 0.717) is 23.9 Å². The monoisotopic (exact) mass is 394 g/mol. The Morgan fingerprint density at radius 3 is 1.97 bits per heavy atom. The van der Waals surface area contributed by atoms with E-state index in [9.17, 15) is 0 Å². The molecule has 0 aliphatic carbocycles. The summed E-state index contributed by atoms with van der Waals surface area (Å²) in [5, 5.41) is 0. The fourth-order valence-electron chi connectivity index (χ4n) is 5.48. The fraction of sp³-hybridized carbons (Fsp3) is 0.321. The van der Waals surface area contributed by atoms with E-state index >= 15 is 0 Å². The molecule has 0 spiro atoms. The highest BCUT2D eigenvalue weighted by Crippen LogP contribution is 2.43. The summed E-state index contributed by atoms with van der Waals surface area (Å²) in [6.07, 6.45) is 4.67. The molecule has 2 unspecified atom stereocenters. The van der Waals surface area contributed by atoms with Gasteiger partial charge in [-0.3, -0.25) is 9.89 Å². The summed E-state index contributed by atoms with van der Waals surface area (Å²) >= 11 is 0. The van der Waals surface area contributed by atoms with Crippen molar-refractivity contribution in [3.05, 3.63) is 107 Å². The summed E-state index contributed by atoms with van der Waals surface area (Å²) in [7, 11) is 0. The normalized spacial score (nSPS) is 25.8. The molecule has 2 atom stereocenters. The van der Waals surface area contributed by atoms with Crippen LogP contribution in [-0.4, -0.2) is 36.3 Å². The van der Waals surface area contributed by atoms with Gasteiger partial charge in [-0.25, -0.2) is 0 Å². The number of hydrogen-bond donors (Lipinski definition) is 0. The number of aliphatic imine (C=N–C) groups is 1. The topological polar surface area (TPSA) is 15.6 Å². The summed E-state index contributed by atoms with van der Waals surface area (Å²) < 4.78 is 0. The molecule has 0 N–H and O–H groups in total. The third-order valence-corrected chi connectivity index (χ3v) is 7.06. The molecule has 3 fully saturated rings. The Morgan fingerprint density at radius 1 is 0.800 bits per heavy atom. The van der Waals surface area contributed by atoms with Crippen molar-refractivity contribution in [3.63, 3.8) is 0 Å². The molecule has 0 aromatic heterocycles. The molecular weight excluding hydrogens is 364 g/mol. The third-order valence-electron chi connectivity index (χ3n) is 7.06. The molecule has 3 saturated heterocycles. The maximum Gasteiger partial charge on any atom is 0.0693 e. The van der Waals surface area contributed by atoms with E-state index in [1.807, 2.05) is 0 Å². The Bertz CT molecular complexity index is 948. The summed E-state index contributed by atoms with van der Waals surface area (Å²) in [6.45, 7) is 4.57. The maximum absolute atomic E-state index is 5.28. The van der Waals surface area contributed by atoms with Crippen molar-refractivity contribution in [2.45, 2.75) is 37.8 Å². The molecule has 3 heterocycles. The van der Waals surface area contributed by atoms with Gasteiger partial charge in [0.25, 0.3) is 0 Å². The van der Waals surface area contributed by atoms with Crippen LogP contribution in [0.4, 0.5) is 0 Å². The molecule has 0 saturated carbocycles. The van der Waals surface area contributed by atoms with Gasteiger partial charge in [-0.05, 0) is 61.0 Å². The van der Waals surface area contributed by atoms with E-state index in [1.165, 1.54) is 48.2 Å². The zero-order chi connectivity index (χ0) is 20.3. The standard InChI is InChI=1S/C28H30N2/c1-21-10-8-9-15-25(21)20-29-27-24-16-18-30(19-17-24)28(27)26(22-11-4-2-5-12-22)23-13-6-3-7-14-23/h2-15,20,24,26-28H,16-19H2,1H3/b29-20-. The highest BCUT2D eigenvalue weighted by molar-refractivity contribution is 5.81. The van der Waals surface area contributed by atoms with E-state index in [-0.39, 0.29) is 0 Å². The van der Waals surface area contributed by atoms with Crippen LogP contribution in [0.5, 0.6) is 0 Å². The number of benzene rings is 3. The van der Waals surface area contributed by atoms with Crippen LogP contribution >= 0.6 is 0 Å². The van der Waals surface area contributed by atoms with Gasteiger partial charge >= 0.3 is 0 Å². The molecule has 2 nitrogen and oxygen atoms in total. The van der Waals surface area contributed by atoms with E-state index in [0.717, 1.165) is 0 Å². The first kappa shape index (κ1) is 19.3. The first-order valence-corrected chi connectivity index (χ1v) is 11.2. The van der Waals surface area contributed by atoms with E-state index in [4.69, 9.17) is 4.99 Å². The second-order valence-electron chi connectivity index (χ2n) is 8.79. The predicted molar refractivity (Wildman–Crippen MR) is 125 cm³/mol. The number of hydrogen-bond acceptors (Lipinski definition) is 2. The molecule has 3 aromatic rings. The number of aryl methyl sites for hydroxylation is 1. The smallest absolute Gasteiger partial charge is 0.0693 e. The van der Waals surface area contributed by atoms with Gasteiger partial charge in [0.1, 0.15) is 0 Å².